The maximum Gasteiger partial charge on any atom is 0.338 e. The molecule has 0 spiro atoms. The SMILES string of the molecule is COC(=O)c1cc(C(=O)OCC(=O)Nc2nnc(-c3ccccc3)o2)cc([N+](=O)[O-])c1. The Kier molecular flexibility index (Phi) is 6.30. The molecule has 0 aliphatic carbocycles. The first-order valence-corrected chi connectivity index (χ1v) is 8.61. The van der Waals surface area contributed by atoms with Crippen LogP contribution in [0.25, 0.3) is 11.5 Å². The van der Waals surface area contributed by atoms with Crippen LogP contribution in [0.2, 0.25) is 0 Å². The van der Waals surface area contributed by atoms with Gasteiger partial charge in [0, 0.05) is 17.7 Å². The van der Waals surface area contributed by atoms with Crippen molar-refractivity contribution in [3.8, 4) is 11.5 Å². The van der Waals surface area contributed by atoms with E-state index in [1.807, 2.05) is 6.07 Å². The standard InChI is InChI=1S/C19H14N4O8/c1-29-17(25)12-7-13(9-14(8-12)23(27)28)18(26)30-10-15(24)20-19-22-21-16(31-19)11-5-3-2-4-6-11/h2-9H,10H2,1H3,(H,20,22,24). The second kappa shape index (κ2) is 9.26. The highest BCUT2D eigenvalue weighted by atomic mass is 16.6. The van der Waals surface area contributed by atoms with Crippen LogP contribution in [0.4, 0.5) is 11.7 Å². The molecule has 0 fully saturated rings. The van der Waals surface area contributed by atoms with Crippen LogP contribution in [-0.4, -0.2) is 46.7 Å². The molecule has 0 saturated carbocycles. The largest absolute Gasteiger partial charge is 0.465 e. The number of anilines is 1. The van der Waals surface area contributed by atoms with Crippen molar-refractivity contribution in [3.05, 3.63) is 69.8 Å². The van der Waals surface area contributed by atoms with Gasteiger partial charge in [-0.2, -0.15) is 0 Å². The zero-order valence-electron chi connectivity index (χ0n) is 15.9. The monoisotopic (exact) mass is 426 g/mol. The lowest BCUT2D eigenvalue weighted by Crippen LogP contribution is -2.21. The van der Waals surface area contributed by atoms with E-state index in [1.165, 1.54) is 0 Å². The van der Waals surface area contributed by atoms with Crippen molar-refractivity contribution in [3.63, 3.8) is 0 Å². The van der Waals surface area contributed by atoms with Gasteiger partial charge in [0.05, 0.1) is 23.2 Å². The first-order chi connectivity index (χ1) is 14.9. The predicted octanol–water partition coefficient (Wildman–Crippen LogP) is 2.23. The molecule has 1 heterocycles. The number of hydrogen-bond acceptors (Lipinski definition) is 10. The Morgan fingerprint density at radius 2 is 1.74 bits per heavy atom. The van der Waals surface area contributed by atoms with Gasteiger partial charge in [-0.15, -0.1) is 5.10 Å². The molecule has 1 aromatic heterocycles. The number of rotatable bonds is 7. The predicted molar refractivity (Wildman–Crippen MR) is 103 cm³/mol. The quantitative estimate of drug-likeness (QED) is 0.336. The van der Waals surface area contributed by atoms with E-state index < -0.39 is 35.1 Å². The molecule has 0 saturated heterocycles. The van der Waals surface area contributed by atoms with Gasteiger partial charge in [-0.1, -0.05) is 23.3 Å². The molecular formula is C19H14N4O8. The highest BCUT2D eigenvalue weighted by molar-refractivity contribution is 5.98. The van der Waals surface area contributed by atoms with Crippen molar-refractivity contribution in [1.82, 2.24) is 10.2 Å². The molecule has 31 heavy (non-hydrogen) atoms. The number of ether oxygens (including phenoxy) is 2. The number of esters is 2. The minimum Gasteiger partial charge on any atom is -0.465 e. The summed E-state index contributed by atoms with van der Waals surface area (Å²) in [6.07, 6.45) is 0. The van der Waals surface area contributed by atoms with Gasteiger partial charge in [-0.25, -0.2) is 9.59 Å². The first-order valence-electron chi connectivity index (χ1n) is 8.61. The second-order valence-electron chi connectivity index (χ2n) is 5.92. The lowest BCUT2D eigenvalue weighted by molar-refractivity contribution is -0.384. The maximum absolute atomic E-state index is 12.2. The number of nitro groups is 1. The molecule has 3 aromatic rings. The topological polar surface area (TPSA) is 164 Å². The van der Waals surface area contributed by atoms with E-state index in [1.54, 1.807) is 24.3 Å². The molecule has 0 atom stereocenters. The van der Waals surface area contributed by atoms with E-state index in [-0.39, 0.29) is 23.0 Å². The number of aromatic nitrogens is 2. The Hall–Kier alpha value is -4.61. The number of nitrogens with zero attached hydrogens (tertiary/aromatic N) is 3. The Balaban J connectivity index is 1.63. The Morgan fingerprint density at radius 1 is 1.06 bits per heavy atom. The summed E-state index contributed by atoms with van der Waals surface area (Å²) in [7, 11) is 1.09. The number of amides is 1. The summed E-state index contributed by atoms with van der Waals surface area (Å²) in [5.74, 6) is -2.53. The third-order valence-corrected chi connectivity index (χ3v) is 3.81. The number of nitro benzene ring substituents is 1. The minimum absolute atomic E-state index is 0.180. The molecular weight excluding hydrogens is 412 g/mol. The van der Waals surface area contributed by atoms with Crippen molar-refractivity contribution >= 4 is 29.5 Å². The summed E-state index contributed by atoms with van der Waals surface area (Å²) in [6, 6.07) is 11.6. The molecule has 158 valence electrons. The molecule has 0 aliphatic rings. The number of hydrogen-bond donors (Lipinski definition) is 1. The van der Waals surface area contributed by atoms with Gasteiger partial charge in [-0.3, -0.25) is 20.2 Å². The average molecular weight is 426 g/mol. The van der Waals surface area contributed by atoms with Crippen LogP contribution in [0.5, 0.6) is 0 Å². The van der Waals surface area contributed by atoms with Gasteiger partial charge >= 0.3 is 18.0 Å². The Labute approximate surface area is 173 Å². The molecule has 0 aliphatic heterocycles. The van der Waals surface area contributed by atoms with Crippen molar-refractivity contribution in [2.75, 3.05) is 19.0 Å². The first kappa shape index (κ1) is 21.1. The maximum atomic E-state index is 12.2. The van der Waals surface area contributed by atoms with Crippen LogP contribution in [0.15, 0.2) is 52.9 Å². The fourth-order valence-corrected chi connectivity index (χ4v) is 2.41. The van der Waals surface area contributed by atoms with Crippen molar-refractivity contribution in [2.45, 2.75) is 0 Å². The summed E-state index contributed by atoms with van der Waals surface area (Å²) in [6.45, 7) is -0.738. The Morgan fingerprint density at radius 3 is 2.39 bits per heavy atom. The van der Waals surface area contributed by atoms with Crippen LogP contribution in [0.3, 0.4) is 0 Å². The third-order valence-electron chi connectivity index (χ3n) is 3.81. The fraction of sp³-hybridized carbons (Fsp3) is 0.105. The van der Waals surface area contributed by atoms with E-state index in [0.29, 0.717) is 5.56 Å². The molecule has 1 amide bonds. The van der Waals surface area contributed by atoms with Crippen LogP contribution < -0.4 is 5.32 Å². The molecule has 0 radical (unpaired) electrons. The van der Waals surface area contributed by atoms with Gasteiger partial charge in [0.2, 0.25) is 5.89 Å². The second-order valence-corrected chi connectivity index (χ2v) is 5.92. The summed E-state index contributed by atoms with van der Waals surface area (Å²) in [4.78, 5) is 46.1. The molecule has 12 nitrogen and oxygen atoms in total. The smallest absolute Gasteiger partial charge is 0.338 e. The number of non-ortho nitro benzene ring substituents is 1. The highest BCUT2D eigenvalue weighted by Crippen LogP contribution is 2.20. The number of nitrogens with one attached hydrogen (secondary N) is 1. The summed E-state index contributed by atoms with van der Waals surface area (Å²) < 4.78 is 14.7. The molecule has 0 unspecified atom stereocenters. The minimum atomic E-state index is -1.06. The van der Waals surface area contributed by atoms with E-state index in [0.717, 1.165) is 25.3 Å². The summed E-state index contributed by atoms with van der Waals surface area (Å²) in [5.41, 5.74) is -0.383. The van der Waals surface area contributed by atoms with E-state index >= 15 is 0 Å². The van der Waals surface area contributed by atoms with Gasteiger partial charge in [0.15, 0.2) is 6.61 Å². The van der Waals surface area contributed by atoms with Gasteiger partial charge in [-0.05, 0) is 18.2 Å². The van der Waals surface area contributed by atoms with E-state index in [4.69, 9.17) is 9.15 Å². The molecule has 1 N–H and O–H groups in total. The lowest BCUT2D eigenvalue weighted by Gasteiger charge is -2.06. The molecule has 0 bridgehead atoms. The molecule has 2 aromatic carbocycles. The number of carbonyl (C=O) groups excluding carboxylic acids is 3. The zero-order valence-corrected chi connectivity index (χ0v) is 15.9. The fourth-order valence-electron chi connectivity index (χ4n) is 2.41. The average Bonchev–Trinajstić information content (AvgIpc) is 3.25. The Bertz CT molecular complexity index is 1140. The highest BCUT2D eigenvalue weighted by Gasteiger charge is 2.20. The van der Waals surface area contributed by atoms with Gasteiger partial charge < -0.3 is 13.9 Å². The molecule has 12 heteroatoms. The summed E-state index contributed by atoms with van der Waals surface area (Å²) >= 11 is 0. The van der Waals surface area contributed by atoms with Crippen LogP contribution in [0, 0.1) is 10.1 Å². The van der Waals surface area contributed by atoms with Crippen molar-refractivity contribution in [2.24, 2.45) is 0 Å². The van der Waals surface area contributed by atoms with Gasteiger partial charge in [0.1, 0.15) is 0 Å². The number of methoxy groups -OCH3 is 1. The van der Waals surface area contributed by atoms with Crippen molar-refractivity contribution < 1.29 is 33.2 Å². The normalized spacial score (nSPS) is 10.2. The van der Waals surface area contributed by atoms with E-state index in [2.05, 4.69) is 20.3 Å². The zero-order chi connectivity index (χ0) is 22.4. The lowest BCUT2D eigenvalue weighted by atomic mass is 10.1. The van der Waals surface area contributed by atoms with Crippen molar-refractivity contribution in [1.29, 1.82) is 0 Å². The third kappa shape index (κ3) is 5.26. The summed E-state index contributed by atoms with van der Waals surface area (Å²) in [5, 5.41) is 20.8. The molecule has 3 rings (SSSR count). The van der Waals surface area contributed by atoms with E-state index in [9.17, 15) is 24.5 Å². The number of benzene rings is 2. The van der Waals surface area contributed by atoms with Crippen LogP contribution in [0.1, 0.15) is 20.7 Å². The van der Waals surface area contributed by atoms with Crippen LogP contribution >= 0.6 is 0 Å². The number of carbonyl (C=O) groups is 3. The van der Waals surface area contributed by atoms with Gasteiger partial charge in [0.25, 0.3) is 11.6 Å². The van der Waals surface area contributed by atoms with Crippen LogP contribution in [-0.2, 0) is 14.3 Å².